The summed E-state index contributed by atoms with van der Waals surface area (Å²) in [4.78, 5) is 23.3. The minimum Gasteiger partial charge on any atom is -0.355 e. The SMILES string of the molecule is CNC(=O)c1cccc(NC(=O)CNS(=O)(=O)c2cccc(C(F)(F)F)c2)c1C. The average molecular weight is 429 g/mol. The summed E-state index contributed by atoms with van der Waals surface area (Å²) >= 11 is 0. The number of carbonyl (C=O) groups excluding carboxylic acids is 2. The third-order valence-electron chi connectivity index (χ3n) is 3.97. The predicted molar refractivity (Wildman–Crippen MR) is 99.8 cm³/mol. The van der Waals surface area contributed by atoms with Gasteiger partial charge in [-0.05, 0) is 42.8 Å². The Hall–Kier alpha value is -2.92. The highest BCUT2D eigenvalue weighted by molar-refractivity contribution is 7.89. The van der Waals surface area contributed by atoms with Crippen LogP contribution in [0.1, 0.15) is 21.5 Å². The standard InChI is InChI=1S/C18H18F3N3O4S/c1-11-14(17(26)22-2)7-4-8-15(11)24-16(25)10-23-29(27,28)13-6-3-5-12(9-13)18(19,20)21/h3-9,23H,10H2,1-2H3,(H,22,26)(H,24,25). The van der Waals surface area contributed by atoms with Crippen LogP contribution in [0.5, 0.6) is 0 Å². The van der Waals surface area contributed by atoms with Gasteiger partial charge in [0.1, 0.15) is 0 Å². The Labute approximate surface area is 165 Å². The highest BCUT2D eigenvalue weighted by atomic mass is 32.2. The molecule has 3 N–H and O–H groups in total. The molecule has 0 atom stereocenters. The first-order valence-electron chi connectivity index (χ1n) is 8.24. The Balaban J connectivity index is 2.11. The number of benzene rings is 2. The van der Waals surface area contributed by atoms with Gasteiger partial charge in [-0.25, -0.2) is 13.1 Å². The maximum atomic E-state index is 12.8. The number of hydrogen-bond acceptors (Lipinski definition) is 4. The predicted octanol–water partition coefficient (Wildman–Crippen LogP) is 2.29. The summed E-state index contributed by atoms with van der Waals surface area (Å²) in [5.74, 6) is -1.11. The van der Waals surface area contributed by atoms with Crippen molar-refractivity contribution in [1.82, 2.24) is 10.0 Å². The molecule has 0 spiro atoms. The van der Waals surface area contributed by atoms with Crippen LogP contribution in [-0.2, 0) is 21.0 Å². The highest BCUT2D eigenvalue weighted by Crippen LogP contribution is 2.30. The van der Waals surface area contributed by atoms with Gasteiger partial charge in [-0.2, -0.15) is 13.2 Å². The summed E-state index contributed by atoms with van der Waals surface area (Å²) in [6.07, 6.45) is -4.70. The van der Waals surface area contributed by atoms with E-state index < -0.39 is 39.1 Å². The number of carbonyl (C=O) groups is 2. The van der Waals surface area contributed by atoms with Gasteiger partial charge in [0.2, 0.25) is 15.9 Å². The van der Waals surface area contributed by atoms with E-state index in [0.717, 1.165) is 18.2 Å². The lowest BCUT2D eigenvalue weighted by molar-refractivity contribution is -0.137. The molecular formula is C18H18F3N3O4S. The van der Waals surface area contributed by atoms with Gasteiger partial charge in [0, 0.05) is 18.3 Å². The third kappa shape index (κ3) is 5.55. The first kappa shape index (κ1) is 22.4. The van der Waals surface area contributed by atoms with E-state index in [4.69, 9.17) is 0 Å². The molecule has 2 amide bonds. The largest absolute Gasteiger partial charge is 0.416 e. The molecule has 0 saturated carbocycles. The molecule has 0 saturated heterocycles. The number of hydrogen-bond donors (Lipinski definition) is 3. The van der Waals surface area contributed by atoms with Crippen LogP contribution in [-0.4, -0.2) is 33.8 Å². The second-order valence-corrected chi connectivity index (χ2v) is 7.72. The second-order valence-electron chi connectivity index (χ2n) is 5.96. The lowest BCUT2D eigenvalue weighted by atomic mass is 10.1. The Morgan fingerprint density at radius 3 is 2.34 bits per heavy atom. The van der Waals surface area contributed by atoms with Gasteiger partial charge in [0.15, 0.2) is 0 Å². The second kappa shape index (κ2) is 8.62. The number of nitrogens with one attached hydrogen (secondary N) is 3. The van der Waals surface area contributed by atoms with Gasteiger partial charge in [0.25, 0.3) is 5.91 Å². The molecule has 0 aromatic heterocycles. The molecule has 2 aromatic rings. The average Bonchev–Trinajstić information content (AvgIpc) is 2.67. The first-order valence-corrected chi connectivity index (χ1v) is 9.72. The van der Waals surface area contributed by atoms with Crippen molar-refractivity contribution in [1.29, 1.82) is 0 Å². The van der Waals surface area contributed by atoms with Crippen LogP contribution >= 0.6 is 0 Å². The molecule has 7 nitrogen and oxygen atoms in total. The minimum absolute atomic E-state index is 0.300. The van der Waals surface area contributed by atoms with Crippen LogP contribution in [0.15, 0.2) is 47.4 Å². The number of amides is 2. The first-order chi connectivity index (χ1) is 13.5. The molecule has 0 bridgehead atoms. The summed E-state index contributed by atoms with van der Waals surface area (Å²) in [6.45, 7) is 0.898. The van der Waals surface area contributed by atoms with Gasteiger partial charge in [0.05, 0.1) is 17.0 Å². The van der Waals surface area contributed by atoms with E-state index >= 15 is 0 Å². The maximum absolute atomic E-state index is 12.8. The van der Waals surface area contributed by atoms with Crippen molar-refractivity contribution in [3.8, 4) is 0 Å². The zero-order chi connectivity index (χ0) is 21.8. The van der Waals surface area contributed by atoms with E-state index in [2.05, 4.69) is 10.6 Å². The number of halogens is 3. The van der Waals surface area contributed by atoms with Crippen molar-refractivity contribution in [3.05, 3.63) is 59.2 Å². The smallest absolute Gasteiger partial charge is 0.355 e. The third-order valence-corrected chi connectivity index (χ3v) is 5.37. The van der Waals surface area contributed by atoms with Gasteiger partial charge >= 0.3 is 6.18 Å². The molecule has 0 aliphatic heterocycles. The van der Waals surface area contributed by atoms with Crippen LogP contribution in [0, 0.1) is 6.92 Å². The fourth-order valence-corrected chi connectivity index (χ4v) is 3.46. The normalized spacial score (nSPS) is 11.8. The van der Waals surface area contributed by atoms with Crippen LogP contribution < -0.4 is 15.4 Å². The molecule has 0 fully saturated rings. The molecule has 156 valence electrons. The lowest BCUT2D eigenvalue weighted by Crippen LogP contribution is -2.33. The van der Waals surface area contributed by atoms with Gasteiger partial charge in [-0.3, -0.25) is 9.59 Å². The molecule has 2 aromatic carbocycles. The Kier molecular flexibility index (Phi) is 6.65. The molecule has 0 radical (unpaired) electrons. The summed E-state index contributed by atoms with van der Waals surface area (Å²) < 4.78 is 64.6. The fourth-order valence-electron chi connectivity index (χ4n) is 2.43. The molecule has 11 heteroatoms. The minimum atomic E-state index is -4.70. The molecule has 0 unspecified atom stereocenters. The summed E-state index contributed by atoms with van der Waals surface area (Å²) in [5, 5.41) is 4.92. The molecule has 0 aliphatic carbocycles. The van der Waals surface area contributed by atoms with Crippen molar-refractivity contribution in [2.24, 2.45) is 0 Å². The van der Waals surface area contributed by atoms with Crippen molar-refractivity contribution in [3.63, 3.8) is 0 Å². The van der Waals surface area contributed by atoms with Crippen LogP contribution in [0.3, 0.4) is 0 Å². The van der Waals surface area contributed by atoms with E-state index in [1.165, 1.54) is 13.1 Å². The summed E-state index contributed by atoms with van der Waals surface area (Å²) in [7, 11) is -2.89. The molecule has 2 rings (SSSR count). The zero-order valence-electron chi connectivity index (χ0n) is 15.4. The van der Waals surface area contributed by atoms with Gasteiger partial charge < -0.3 is 10.6 Å². The number of anilines is 1. The van der Waals surface area contributed by atoms with Crippen molar-refractivity contribution in [2.45, 2.75) is 18.0 Å². The Morgan fingerprint density at radius 1 is 1.07 bits per heavy atom. The lowest BCUT2D eigenvalue weighted by Gasteiger charge is -2.13. The number of alkyl halides is 3. The van der Waals surface area contributed by atoms with Crippen molar-refractivity contribution >= 4 is 27.5 Å². The summed E-state index contributed by atoms with van der Waals surface area (Å²) in [5.41, 5.74) is -0.0170. The molecular weight excluding hydrogens is 411 g/mol. The van der Waals surface area contributed by atoms with E-state index in [1.54, 1.807) is 19.1 Å². The molecule has 0 heterocycles. The van der Waals surface area contributed by atoms with E-state index in [9.17, 15) is 31.2 Å². The van der Waals surface area contributed by atoms with Crippen LogP contribution in [0.2, 0.25) is 0 Å². The number of sulfonamides is 1. The topological polar surface area (TPSA) is 104 Å². The monoisotopic (exact) mass is 429 g/mol. The Bertz CT molecular complexity index is 1040. The van der Waals surface area contributed by atoms with Crippen LogP contribution in [0.4, 0.5) is 18.9 Å². The molecule has 0 aliphatic rings. The summed E-state index contributed by atoms with van der Waals surface area (Å²) in [6, 6.07) is 7.81. The fraction of sp³-hybridized carbons (Fsp3) is 0.222. The Morgan fingerprint density at radius 2 is 1.72 bits per heavy atom. The zero-order valence-corrected chi connectivity index (χ0v) is 16.2. The number of rotatable bonds is 6. The van der Waals surface area contributed by atoms with Crippen molar-refractivity contribution < 1.29 is 31.2 Å². The van der Waals surface area contributed by atoms with Crippen LogP contribution in [0.25, 0.3) is 0 Å². The van der Waals surface area contributed by atoms with E-state index in [-0.39, 0.29) is 5.91 Å². The quantitative estimate of drug-likeness (QED) is 0.655. The molecule has 29 heavy (non-hydrogen) atoms. The maximum Gasteiger partial charge on any atom is 0.416 e. The van der Waals surface area contributed by atoms with Crippen molar-refractivity contribution in [2.75, 3.05) is 18.9 Å². The van der Waals surface area contributed by atoms with Gasteiger partial charge in [-0.1, -0.05) is 12.1 Å². The van der Waals surface area contributed by atoms with Gasteiger partial charge in [-0.15, -0.1) is 0 Å². The van der Waals surface area contributed by atoms with E-state index in [0.29, 0.717) is 22.9 Å². The van der Waals surface area contributed by atoms with E-state index in [1.807, 2.05) is 4.72 Å². The highest BCUT2D eigenvalue weighted by Gasteiger charge is 2.31.